The minimum Gasteiger partial charge on any atom is -0.482 e. The molecule has 0 saturated heterocycles. The van der Waals surface area contributed by atoms with Gasteiger partial charge in [0.05, 0.1) is 11.8 Å². The lowest BCUT2D eigenvalue weighted by Crippen LogP contribution is -2.31. The third kappa shape index (κ3) is 7.02. The van der Waals surface area contributed by atoms with E-state index in [4.69, 9.17) is 9.47 Å². The summed E-state index contributed by atoms with van der Waals surface area (Å²) in [6.07, 6.45) is 4.75. The van der Waals surface area contributed by atoms with Gasteiger partial charge >= 0.3 is 5.97 Å². The van der Waals surface area contributed by atoms with Gasteiger partial charge in [0.15, 0.2) is 11.6 Å². The van der Waals surface area contributed by atoms with Crippen LogP contribution in [0.4, 0.5) is 0 Å². The molecule has 0 unspecified atom stereocenters. The van der Waals surface area contributed by atoms with Crippen LogP contribution in [-0.2, 0) is 32.6 Å². The highest BCUT2D eigenvalue weighted by molar-refractivity contribution is 7.89. The van der Waals surface area contributed by atoms with Crippen LogP contribution in [0.3, 0.4) is 0 Å². The summed E-state index contributed by atoms with van der Waals surface area (Å²) >= 11 is 0. The van der Waals surface area contributed by atoms with Crippen LogP contribution in [0.2, 0.25) is 0 Å². The summed E-state index contributed by atoms with van der Waals surface area (Å²) in [6, 6.07) is 21.1. The summed E-state index contributed by atoms with van der Waals surface area (Å²) in [5.41, 5.74) is 2.37. The number of benzene rings is 2. The minimum atomic E-state index is -3.91. The number of esters is 1. The number of carbonyl (C=O) groups is 1. The molecule has 0 saturated carbocycles. The molecule has 0 aliphatic carbocycles. The van der Waals surface area contributed by atoms with Crippen molar-refractivity contribution in [2.45, 2.75) is 38.1 Å². The van der Waals surface area contributed by atoms with Gasteiger partial charge in [-0.1, -0.05) is 30.3 Å². The van der Waals surface area contributed by atoms with Crippen LogP contribution in [0.15, 0.2) is 96.4 Å². The van der Waals surface area contributed by atoms with E-state index in [1.54, 1.807) is 61.1 Å². The lowest BCUT2D eigenvalue weighted by molar-refractivity contribution is -0.149. The van der Waals surface area contributed by atoms with E-state index in [0.717, 1.165) is 11.3 Å². The Balaban J connectivity index is 1.56. The molecule has 0 amide bonds. The molecule has 4 aromatic rings. The van der Waals surface area contributed by atoms with Crippen molar-refractivity contribution in [3.63, 3.8) is 0 Å². The Hall–Kier alpha value is -4.02. The number of carbonyl (C=O) groups excluding carboxylic acids is 1. The molecule has 0 radical (unpaired) electrons. The molecule has 0 aliphatic rings. The van der Waals surface area contributed by atoms with Crippen molar-refractivity contribution in [1.29, 1.82) is 0 Å². The number of hydrogen-bond donors (Lipinski definition) is 0. The smallest absolute Gasteiger partial charge is 0.344 e. The molecule has 9 nitrogen and oxygen atoms in total. The predicted molar refractivity (Wildman–Crippen MR) is 137 cm³/mol. The van der Waals surface area contributed by atoms with Crippen molar-refractivity contribution >= 4 is 16.0 Å². The average molecular weight is 521 g/mol. The van der Waals surface area contributed by atoms with E-state index in [0.29, 0.717) is 11.3 Å². The molecule has 0 atom stereocenters. The summed E-state index contributed by atoms with van der Waals surface area (Å²) in [6.45, 7) is 3.50. The summed E-state index contributed by atoms with van der Waals surface area (Å²) in [5, 5.41) is 4.19. The largest absolute Gasteiger partial charge is 0.482 e. The van der Waals surface area contributed by atoms with Crippen LogP contribution >= 0.6 is 0 Å². The molecule has 0 aliphatic heterocycles. The molecule has 2 heterocycles. The van der Waals surface area contributed by atoms with Crippen molar-refractivity contribution in [3.8, 4) is 11.4 Å². The van der Waals surface area contributed by atoms with E-state index >= 15 is 0 Å². The Kier molecular flexibility index (Phi) is 8.32. The third-order valence-electron chi connectivity index (χ3n) is 5.29. The molecule has 4 rings (SSSR count). The van der Waals surface area contributed by atoms with Crippen LogP contribution in [0.5, 0.6) is 5.75 Å². The first kappa shape index (κ1) is 26.1. The second-order valence-corrected chi connectivity index (χ2v) is 10.4. The quantitative estimate of drug-likeness (QED) is 0.276. The number of sulfonamides is 1. The maximum absolute atomic E-state index is 13.6. The Morgan fingerprint density at radius 2 is 1.73 bits per heavy atom. The Labute approximate surface area is 216 Å². The van der Waals surface area contributed by atoms with Crippen LogP contribution in [0, 0.1) is 0 Å². The fraction of sp³-hybridized carbons (Fsp3) is 0.222. The maximum Gasteiger partial charge on any atom is 0.344 e. The SMILES string of the molecule is CC(C)OC(=O)COc1cccc(CN(Cc2ccc(-n3cccn3)cc2)S(=O)(=O)c2ccccn2)c1. The molecule has 0 bridgehead atoms. The van der Waals surface area contributed by atoms with Crippen molar-refractivity contribution in [2.75, 3.05) is 6.61 Å². The Bertz CT molecular complexity index is 1410. The lowest BCUT2D eigenvalue weighted by atomic mass is 10.2. The van der Waals surface area contributed by atoms with Gasteiger partial charge in [-0.25, -0.2) is 22.9 Å². The normalized spacial score (nSPS) is 11.6. The highest BCUT2D eigenvalue weighted by Gasteiger charge is 2.26. The second kappa shape index (κ2) is 11.8. The van der Waals surface area contributed by atoms with Gasteiger partial charge in [0, 0.05) is 31.7 Å². The van der Waals surface area contributed by atoms with Gasteiger partial charge in [-0.2, -0.15) is 9.40 Å². The molecule has 10 heteroatoms. The van der Waals surface area contributed by atoms with Crippen LogP contribution < -0.4 is 4.74 Å². The van der Waals surface area contributed by atoms with Gasteiger partial charge in [0.25, 0.3) is 10.0 Å². The average Bonchev–Trinajstić information content (AvgIpc) is 3.43. The van der Waals surface area contributed by atoms with Crippen molar-refractivity contribution in [3.05, 3.63) is 103 Å². The number of nitrogens with zero attached hydrogens (tertiary/aromatic N) is 4. The fourth-order valence-corrected chi connectivity index (χ4v) is 4.96. The minimum absolute atomic E-state index is 0.0352. The predicted octanol–water partition coefficient (Wildman–Crippen LogP) is 3.99. The van der Waals surface area contributed by atoms with Crippen LogP contribution in [0.1, 0.15) is 25.0 Å². The first-order valence-electron chi connectivity index (χ1n) is 11.7. The standard InChI is InChI=1S/C27H28N4O5S/c1-21(2)36-27(32)20-35-25-8-5-7-23(17-25)19-30(37(33,34)26-9-3-4-14-28-26)18-22-10-12-24(13-11-22)31-16-6-15-29-31/h3-17,21H,18-20H2,1-2H3. The second-order valence-electron chi connectivity index (χ2n) is 8.53. The van der Waals surface area contributed by atoms with Crippen molar-refractivity contribution in [2.24, 2.45) is 0 Å². The van der Waals surface area contributed by atoms with E-state index in [1.807, 2.05) is 36.5 Å². The van der Waals surface area contributed by atoms with E-state index in [-0.39, 0.29) is 30.8 Å². The molecule has 0 N–H and O–H groups in total. The molecular formula is C27H28N4O5S. The Morgan fingerprint density at radius 1 is 0.946 bits per heavy atom. The van der Waals surface area contributed by atoms with E-state index in [1.165, 1.54) is 16.6 Å². The highest BCUT2D eigenvalue weighted by Crippen LogP contribution is 2.22. The number of hydrogen-bond acceptors (Lipinski definition) is 7. The zero-order chi connectivity index (χ0) is 26.3. The molecule has 192 valence electrons. The van der Waals surface area contributed by atoms with E-state index in [9.17, 15) is 13.2 Å². The number of ether oxygens (including phenoxy) is 2. The number of pyridine rings is 1. The highest BCUT2D eigenvalue weighted by atomic mass is 32.2. The van der Waals surface area contributed by atoms with Gasteiger partial charge in [0.1, 0.15) is 5.75 Å². The molecule has 2 aromatic carbocycles. The van der Waals surface area contributed by atoms with Gasteiger partial charge < -0.3 is 9.47 Å². The zero-order valence-corrected chi connectivity index (χ0v) is 21.4. The first-order chi connectivity index (χ1) is 17.8. The summed E-state index contributed by atoms with van der Waals surface area (Å²) in [4.78, 5) is 15.9. The topological polar surface area (TPSA) is 104 Å². The van der Waals surface area contributed by atoms with E-state index < -0.39 is 16.0 Å². The van der Waals surface area contributed by atoms with Gasteiger partial charge in [-0.3, -0.25) is 0 Å². The van der Waals surface area contributed by atoms with Crippen molar-refractivity contribution in [1.82, 2.24) is 19.1 Å². The lowest BCUT2D eigenvalue weighted by Gasteiger charge is -2.22. The van der Waals surface area contributed by atoms with Crippen molar-refractivity contribution < 1.29 is 22.7 Å². The number of aromatic nitrogens is 3. The fourth-order valence-electron chi connectivity index (χ4n) is 3.61. The van der Waals surface area contributed by atoms with Gasteiger partial charge in [-0.15, -0.1) is 0 Å². The molecule has 2 aromatic heterocycles. The van der Waals surface area contributed by atoms with Crippen LogP contribution in [0.25, 0.3) is 5.69 Å². The van der Waals surface area contributed by atoms with Gasteiger partial charge in [0.2, 0.25) is 0 Å². The van der Waals surface area contributed by atoms with E-state index in [2.05, 4.69) is 10.1 Å². The zero-order valence-electron chi connectivity index (χ0n) is 20.6. The summed E-state index contributed by atoms with van der Waals surface area (Å²) in [7, 11) is -3.91. The molecule has 0 fully saturated rings. The van der Waals surface area contributed by atoms with Gasteiger partial charge in [-0.05, 0) is 67.4 Å². The summed E-state index contributed by atoms with van der Waals surface area (Å²) in [5.74, 6) is -0.0321. The molecule has 37 heavy (non-hydrogen) atoms. The first-order valence-corrected chi connectivity index (χ1v) is 13.2. The third-order valence-corrected chi connectivity index (χ3v) is 7.00. The maximum atomic E-state index is 13.6. The Morgan fingerprint density at radius 3 is 2.41 bits per heavy atom. The molecular weight excluding hydrogens is 492 g/mol. The monoisotopic (exact) mass is 520 g/mol. The summed E-state index contributed by atoms with van der Waals surface area (Å²) < 4.78 is 40.9. The number of rotatable bonds is 11. The van der Waals surface area contributed by atoms with Crippen LogP contribution in [-0.4, -0.2) is 46.2 Å². The molecule has 0 spiro atoms.